The summed E-state index contributed by atoms with van der Waals surface area (Å²) in [6.45, 7) is 1.99. The molecule has 3 nitrogen and oxygen atoms in total. The van der Waals surface area contributed by atoms with Gasteiger partial charge in [-0.25, -0.2) is 2.90 Å². The van der Waals surface area contributed by atoms with Crippen LogP contribution in [0.5, 0.6) is 0 Å². The predicted octanol–water partition coefficient (Wildman–Crippen LogP) is 1.94. The Bertz CT molecular complexity index is 357. The van der Waals surface area contributed by atoms with Gasteiger partial charge >= 0.3 is 0 Å². The fourth-order valence-corrected chi connectivity index (χ4v) is 1.81. The number of pyridine rings is 1. The largest absolute Gasteiger partial charge is 0.264 e. The molecule has 56 valence electrons. The van der Waals surface area contributed by atoms with Crippen LogP contribution in [-0.4, -0.2) is 13.0 Å². The molecule has 0 N–H and O–H groups in total. The maximum Gasteiger partial charge on any atom is 0.0851 e. The van der Waals surface area contributed by atoms with Gasteiger partial charge in [0.2, 0.25) is 0 Å². The van der Waals surface area contributed by atoms with Gasteiger partial charge in [-0.2, -0.15) is 5.10 Å². The maximum absolute atomic E-state index is 4.25. The molecule has 0 saturated heterocycles. The van der Waals surface area contributed by atoms with Crippen LogP contribution >= 0.6 is 22.9 Å². The Labute approximate surface area is 77.9 Å². The lowest BCUT2D eigenvalue weighted by molar-refractivity contribution is 1.04. The van der Waals surface area contributed by atoms with Crippen LogP contribution in [0.3, 0.4) is 0 Å². The monoisotopic (exact) mass is 259 g/mol. The molecule has 0 aromatic carbocycles. The first kappa shape index (κ1) is 7.02. The summed E-state index contributed by atoms with van der Waals surface area (Å²) in [4.78, 5) is 4.03. The van der Waals surface area contributed by atoms with E-state index in [1.54, 1.807) is 6.20 Å². The first-order valence-electron chi connectivity index (χ1n) is 3.24. The van der Waals surface area contributed by atoms with E-state index in [0.29, 0.717) is 0 Å². The van der Waals surface area contributed by atoms with Crippen LogP contribution in [0.2, 0.25) is 0 Å². The zero-order valence-corrected chi connectivity index (χ0v) is 8.11. The molecule has 2 aromatic heterocycles. The highest BCUT2D eigenvalue weighted by atomic mass is 127. The molecule has 0 atom stereocenters. The van der Waals surface area contributed by atoms with Gasteiger partial charge in [-0.15, -0.1) is 0 Å². The summed E-state index contributed by atoms with van der Waals surface area (Å²) in [5, 5.41) is 5.38. The Hall–Kier alpha value is -0.650. The summed E-state index contributed by atoms with van der Waals surface area (Å²) >= 11 is 2.16. The highest BCUT2D eigenvalue weighted by Gasteiger charge is 2.02. The third-order valence-electron chi connectivity index (χ3n) is 1.62. The number of halogens is 1. The topological polar surface area (TPSA) is 30.7 Å². The average molecular weight is 259 g/mol. The number of aryl methyl sites for hydroxylation is 1. The summed E-state index contributed by atoms with van der Waals surface area (Å²) in [7, 11) is 0. The second-order valence-electron chi connectivity index (χ2n) is 2.34. The number of rotatable bonds is 0. The molecule has 0 aliphatic heterocycles. The second-order valence-corrected chi connectivity index (χ2v) is 3.25. The SMILES string of the molecule is Cc1nn(I)c2ccncc12. The van der Waals surface area contributed by atoms with Crippen molar-refractivity contribution in [1.29, 1.82) is 0 Å². The zero-order chi connectivity index (χ0) is 7.84. The van der Waals surface area contributed by atoms with Crippen molar-refractivity contribution in [2.24, 2.45) is 0 Å². The van der Waals surface area contributed by atoms with Crippen LogP contribution in [0.25, 0.3) is 10.9 Å². The van der Waals surface area contributed by atoms with E-state index in [1.165, 1.54) is 0 Å². The molecule has 0 unspecified atom stereocenters. The van der Waals surface area contributed by atoms with E-state index in [0.717, 1.165) is 16.6 Å². The Kier molecular flexibility index (Phi) is 1.56. The first-order valence-corrected chi connectivity index (χ1v) is 4.21. The van der Waals surface area contributed by atoms with Crippen molar-refractivity contribution < 1.29 is 0 Å². The second kappa shape index (κ2) is 2.44. The number of aromatic nitrogens is 3. The van der Waals surface area contributed by atoms with Crippen LogP contribution in [0.15, 0.2) is 18.5 Å². The zero-order valence-electron chi connectivity index (χ0n) is 5.95. The molecule has 0 bridgehead atoms. The molecule has 0 aliphatic rings. The van der Waals surface area contributed by atoms with Gasteiger partial charge in [0.1, 0.15) is 0 Å². The van der Waals surface area contributed by atoms with Crippen LogP contribution in [-0.2, 0) is 0 Å². The van der Waals surface area contributed by atoms with Crippen molar-refractivity contribution in [2.45, 2.75) is 6.92 Å². The van der Waals surface area contributed by atoms with Gasteiger partial charge in [0.25, 0.3) is 0 Å². The summed E-state index contributed by atoms with van der Waals surface area (Å²) in [5.41, 5.74) is 2.15. The molecule has 0 fully saturated rings. The minimum Gasteiger partial charge on any atom is -0.264 e. The van der Waals surface area contributed by atoms with Gasteiger partial charge < -0.3 is 0 Å². The quantitative estimate of drug-likeness (QED) is 0.677. The minimum absolute atomic E-state index is 1.03. The fraction of sp³-hybridized carbons (Fsp3) is 0.143. The van der Waals surface area contributed by atoms with Gasteiger partial charge in [-0.1, -0.05) is 0 Å². The van der Waals surface area contributed by atoms with Crippen molar-refractivity contribution in [3.63, 3.8) is 0 Å². The maximum atomic E-state index is 4.25. The molecular formula is C7H6IN3. The summed E-state index contributed by atoms with van der Waals surface area (Å²) in [6, 6.07) is 1.96. The predicted molar refractivity (Wildman–Crippen MR) is 51.7 cm³/mol. The van der Waals surface area contributed by atoms with E-state index >= 15 is 0 Å². The first-order chi connectivity index (χ1) is 5.29. The Morgan fingerprint density at radius 3 is 3.09 bits per heavy atom. The fourth-order valence-electron chi connectivity index (χ4n) is 1.07. The molecule has 0 saturated carbocycles. The van der Waals surface area contributed by atoms with Gasteiger partial charge in [-0.05, 0) is 13.0 Å². The van der Waals surface area contributed by atoms with E-state index in [1.807, 2.05) is 22.1 Å². The van der Waals surface area contributed by atoms with Crippen molar-refractivity contribution in [2.75, 3.05) is 0 Å². The van der Waals surface area contributed by atoms with E-state index in [-0.39, 0.29) is 0 Å². The Morgan fingerprint density at radius 1 is 1.55 bits per heavy atom. The Morgan fingerprint density at radius 2 is 2.36 bits per heavy atom. The van der Waals surface area contributed by atoms with Crippen molar-refractivity contribution in [3.05, 3.63) is 24.2 Å². The number of fused-ring (bicyclic) bond motifs is 1. The van der Waals surface area contributed by atoms with E-state index < -0.39 is 0 Å². The summed E-state index contributed by atoms with van der Waals surface area (Å²) in [5.74, 6) is 0. The van der Waals surface area contributed by atoms with Crippen molar-refractivity contribution in [3.8, 4) is 0 Å². The molecule has 2 rings (SSSR count). The molecule has 11 heavy (non-hydrogen) atoms. The molecule has 2 heterocycles. The van der Waals surface area contributed by atoms with Crippen LogP contribution in [0.1, 0.15) is 5.69 Å². The molecular weight excluding hydrogens is 253 g/mol. The number of hydrogen-bond donors (Lipinski definition) is 0. The van der Waals surface area contributed by atoms with E-state index in [9.17, 15) is 0 Å². The number of hydrogen-bond acceptors (Lipinski definition) is 2. The highest BCUT2D eigenvalue weighted by molar-refractivity contribution is 14.1. The highest BCUT2D eigenvalue weighted by Crippen LogP contribution is 2.17. The van der Waals surface area contributed by atoms with Gasteiger partial charge in [-0.3, -0.25) is 4.98 Å². The van der Waals surface area contributed by atoms with E-state index in [4.69, 9.17) is 0 Å². The third kappa shape index (κ3) is 1.01. The molecule has 2 aromatic rings. The standard InChI is InChI=1S/C7H6IN3/c1-5-6-4-9-3-2-7(6)11(8)10-5/h2-4H,1H3. The van der Waals surface area contributed by atoms with Crippen molar-refractivity contribution in [1.82, 2.24) is 13.0 Å². The lowest BCUT2D eigenvalue weighted by Gasteiger charge is -1.87. The van der Waals surface area contributed by atoms with Crippen LogP contribution < -0.4 is 0 Å². The van der Waals surface area contributed by atoms with E-state index in [2.05, 4.69) is 32.9 Å². The minimum atomic E-state index is 1.03. The smallest absolute Gasteiger partial charge is 0.0851 e. The third-order valence-corrected chi connectivity index (χ3v) is 2.36. The van der Waals surface area contributed by atoms with Gasteiger partial charge in [0.05, 0.1) is 34.1 Å². The normalized spacial score (nSPS) is 10.7. The van der Waals surface area contributed by atoms with Crippen molar-refractivity contribution >= 4 is 33.8 Å². The molecule has 4 heteroatoms. The Balaban J connectivity index is 2.95. The molecule has 0 spiro atoms. The molecule has 0 aliphatic carbocycles. The molecule has 0 amide bonds. The van der Waals surface area contributed by atoms with Crippen LogP contribution in [0, 0.1) is 6.92 Å². The summed E-state index contributed by atoms with van der Waals surface area (Å²) in [6.07, 6.45) is 3.62. The number of nitrogens with zero attached hydrogens (tertiary/aromatic N) is 3. The lowest BCUT2D eigenvalue weighted by Crippen LogP contribution is -1.79. The summed E-state index contributed by atoms with van der Waals surface area (Å²) < 4.78 is 1.84. The lowest BCUT2D eigenvalue weighted by atomic mass is 10.3. The van der Waals surface area contributed by atoms with Crippen LogP contribution in [0.4, 0.5) is 0 Å². The molecule has 0 radical (unpaired) electrons. The van der Waals surface area contributed by atoms with Gasteiger partial charge in [0.15, 0.2) is 0 Å². The average Bonchev–Trinajstić information content (AvgIpc) is 2.30. The van der Waals surface area contributed by atoms with Gasteiger partial charge in [0, 0.05) is 17.8 Å².